The minimum Gasteiger partial charge on any atom is -0.460 e. The lowest BCUT2D eigenvalue weighted by molar-refractivity contribution is -0.159. The topological polar surface area (TPSA) is 63.6 Å². The van der Waals surface area contributed by atoms with Crippen molar-refractivity contribution in [2.24, 2.45) is 0 Å². The molecule has 0 aliphatic rings. The number of aliphatic hydroxyl groups excluding tert-OH is 1. The van der Waals surface area contributed by atoms with E-state index in [0.717, 1.165) is 0 Å². The molecular weight excluding hydrogens is 205 g/mol. The second-order valence-electron chi connectivity index (χ2n) is 2.05. The summed E-state index contributed by atoms with van der Waals surface area (Å²) in [5.74, 6) is -1.31. The Bertz CT molecular complexity index is 188. The number of alkyl halides is 3. The summed E-state index contributed by atoms with van der Waals surface area (Å²) >= 11 is 0. The summed E-state index contributed by atoms with van der Waals surface area (Å²) in [4.78, 5) is 20.2. The van der Waals surface area contributed by atoms with E-state index in [4.69, 9.17) is 5.11 Å². The van der Waals surface area contributed by atoms with Crippen LogP contribution in [0.1, 0.15) is 13.8 Å². The summed E-state index contributed by atoms with van der Waals surface area (Å²) in [7, 11) is 0. The van der Waals surface area contributed by atoms with Crippen molar-refractivity contribution in [2.75, 3.05) is 13.2 Å². The molecule has 0 rings (SSSR count). The molecule has 0 atom stereocenters. The van der Waals surface area contributed by atoms with Crippen molar-refractivity contribution in [2.45, 2.75) is 20.0 Å². The van der Waals surface area contributed by atoms with Crippen LogP contribution in [-0.2, 0) is 14.3 Å². The molecule has 0 saturated heterocycles. The van der Waals surface area contributed by atoms with E-state index in [-0.39, 0.29) is 6.61 Å². The smallest absolute Gasteiger partial charge is 0.411 e. The Morgan fingerprint density at radius 2 is 1.71 bits per heavy atom. The van der Waals surface area contributed by atoms with Crippen LogP contribution in [0, 0.1) is 0 Å². The first-order valence-corrected chi connectivity index (χ1v) is 3.59. The van der Waals surface area contributed by atoms with Crippen molar-refractivity contribution < 1.29 is 32.6 Å². The molecule has 7 heteroatoms. The fourth-order valence-corrected chi connectivity index (χ4v) is 0.233. The van der Waals surface area contributed by atoms with Crippen LogP contribution in [0.5, 0.6) is 0 Å². The molecule has 0 aromatic rings. The van der Waals surface area contributed by atoms with Crippen LogP contribution in [0.25, 0.3) is 0 Å². The highest BCUT2D eigenvalue weighted by Crippen LogP contribution is 2.11. The van der Waals surface area contributed by atoms with Crippen LogP contribution in [0.2, 0.25) is 0 Å². The van der Waals surface area contributed by atoms with E-state index in [1.54, 1.807) is 6.92 Å². The second-order valence-corrected chi connectivity index (χ2v) is 2.05. The summed E-state index contributed by atoms with van der Waals surface area (Å²) in [6.45, 7) is 1.37. The van der Waals surface area contributed by atoms with Crippen LogP contribution >= 0.6 is 0 Å². The van der Waals surface area contributed by atoms with E-state index >= 15 is 0 Å². The van der Waals surface area contributed by atoms with Crippen molar-refractivity contribution >= 4 is 11.8 Å². The van der Waals surface area contributed by atoms with Gasteiger partial charge in [0.15, 0.2) is 0 Å². The van der Waals surface area contributed by atoms with E-state index in [9.17, 15) is 22.8 Å². The molecule has 14 heavy (non-hydrogen) atoms. The molecule has 0 fully saturated rings. The maximum atomic E-state index is 10.5. The Hall–Kier alpha value is -1.11. The summed E-state index contributed by atoms with van der Waals surface area (Å²) < 4.78 is 35.9. The third-order valence-corrected chi connectivity index (χ3v) is 0.742. The molecule has 0 unspecified atom stereocenters. The normalized spacial score (nSPS) is 9.86. The molecular formula is C7H11F3O4. The van der Waals surface area contributed by atoms with Crippen LogP contribution in [0.4, 0.5) is 13.2 Å². The predicted octanol–water partition coefficient (Wildman–Crippen LogP) is 0.680. The molecule has 0 aromatic heterocycles. The Labute approximate surface area is 78.7 Å². The molecule has 1 N–H and O–H groups in total. The number of hydrogen-bond acceptors (Lipinski definition) is 4. The van der Waals surface area contributed by atoms with Crippen LogP contribution < -0.4 is 0 Å². The first kappa shape index (κ1) is 15.4. The van der Waals surface area contributed by atoms with Crippen molar-refractivity contribution in [1.29, 1.82) is 0 Å². The number of esters is 1. The lowest BCUT2D eigenvalue weighted by atomic mass is 10.5. The number of hydrogen-bond donors (Lipinski definition) is 1. The van der Waals surface area contributed by atoms with Gasteiger partial charge in [0.2, 0.25) is 5.78 Å². The Morgan fingerprint density at radius 1 is 1.36 bits per heavy atom. The number of ketones is 1. The molecule has 0 aliphatic heterocycles. The summed E-state index contributed by atoms with van der Waals surface area (Å²) in [6, 6.07) is 0. The molecule has 0 radical (unpaired) electrons. The van der Waals surface area contributed by atoms with Gasteiger partial charge in [-0.2, -0.15) is 13.2 Å². The van der Waals surface area contributed by atoms with Gasteiger partial charge >= 0.3 is 12.1 Å². The Morgan fingerprint density at radius 3 is 1.79 bits per heavy atom. The Kier molecular flexibility index (Phi) is 8.02. The third-order valence-electron chi connectivity index (χ3n) is 0.742. The molecule has 0 aromatic carbocycles. The monoisotopic (exact) mass is 216 g/mol. The molecule has 0 spiro atoms. The van der Waals surface area contributed by atoms with Crippen LogP contribution in [0.3, 0.4) is 0 Å². The minimum absolute atomic E-state index is 0.262. The lowest BCUT2D eigenvalue weighted by Crippen LogP contribution is -2.12. The first-order chi connectivity index (χ1) is 6.24. The molecule has 84 valence electrons. The molecule has 0 aliphatic carbocycles. The van der Waals surface area contributed by atoms with Gasteiger partial charge < -0.3 is 9.84 Å². The average molecular weight is 216 g/mol. The summed E-state index contributed by atoms with van der Waals surface area (Å²) in [6.07, 6.45) is -4.40. The standard InChI is InChI=1S/C5H8O3.C2H3F3O/c1-3-8-5(7)4(2)6;3-2(4,5)1-6/h3H2,1-2H3;6H,1H2. The van der Waals surface area contributed by atoms with Gasteiger partial charge in [-0.1, -0.05) is 0 Å². The van der Waals surface area contributed by atoms with Gasteiger partial charge in [-0.15, -0.1) is 0 Å². The highest BCUT2D eigenvalue weighted by atomic mass is 19.4. The maximum absolute atomic E-state index is 10.5. The minimum atomic E-state index is -4.40. The van der Waals surface area contributed by atoms with Crippen molar-refractivity contribution in [3.63, 3.8) is 0 Å². The predicted molar refractivity (Wildman–Crippen MR) is 40.5 cm³/mol. The lowest BCUT2D eigenvalue weighted by Gasteiger charge is -1.95. The number of carbonyl (C=O) groups excluding carboxylic acids is 2. The average Bonchev–Trinajstić information content (AvgIpc) is 2.04. The number of rotatable bonds is 2. The highest BCUT2D eigenvalue weighted by molar-refractivity contribution is 6.32. The van der Waals surface area contributed by atoms with Crippen molar-refractivity contribution in [1.82, 2.24) is 0 Å². The summed E-state index contributed by atoms with van der Waals surface area (Å²) in [5, 5.41) is 7.28. The SMILES string of the molecule is CCOC(=O)C(C)=O.OCC(F)(F)F. The van der Waals surface area contributed by atoms with Gasteiger partial charge in [0.1, 0.15) is 6.61 Å². The highest BCUT2D eigenvalue weighted by Gasteiger charge is 2.24. The second kappa shape index (κ2) is 7.31. The van der Waals surface area contributed by atoms with E-state index in [1.807, 2.05) is 0 Å². The molecule has 4 nitrogen and oxygen atoms in total. The van der Waals surface area contributed by atoms with E-state index < -0.39 is 24.5 Å². The fourth-order valence-electron chi connectivity index (χ4n) is 0.233. The number of Topliss-reactive ketones (excluding diaryl/α,β-unsaturated/α-hetero) is 1. The summed E-state index contributed by atoms with van der Waals surface area (Å²) in [5.41, 5.74) is 0. The van der Waals surface area contributed by atoms with E-state index in [0.29, 0.717) is 0 Å². The Balaban J connectivity index is 0. The fraction of sp³-hybridized carbons (Fsp3) is 0.714. The van der Waals surface area contributed by atoms with Gasteiger partial charge in [-0.05, 0) is 6.92 Å². The zero-order valence-corrected chi connectivity index (χ0v) is 7.72. The zero-order valence-electron chi connectivity index (χ0n) is 7.72. The quantitative estimate of drug-likeness (QED) is 0.544. The number of aliphatic hydroxyl groups is 1. The van der Waals surface area contributed by atoms with Gasteiger partial charge in [-0.25, -0.2) is 4.79 Å². The van der Waals surface area contributed by atoms with E-state index in [1.165, 1.54) is 6.92 Å². The van der Waals surface area contributed by atoms with Gasteiger partial charge in [0.05, 0.1) is 6.61 Å². The van der Waals surface area contributed by atoms with Gasteiger partial charge in [0.25, 0.3) is 0 Å². The zero-order chi connectivity index (χ0) is 11.8. The van der Waals surface area contributed by atoms with Crippen molar-refractivity contribution in [3.8, 4) is 0 Å². The molecule has 0 heterocycles. The molecule has 0 bridgehead atoms. The third kappa shape index (κ3) is 13.5. The number of halogens is 3. The number of ether oxygens (including phenoxy) is 1. The number of carbonyl (C=O) groups is 2. The molecule has 0 amide bonds. The van der Waals surface area contributed by atoms with Gasteiger partial charge in [-0.3, -0.25) is 4.79 Å². The van der Waals surface area contributed by atoms with Crippen molar-refractivity contribution in [3.05, 3.63) is 0 Å². The maximum Gasteiger partial charge on any atom is 0.411 e. The molecule has 0 saturated carbocycles. The van der Waals surface area contributed by atoms with E-state index in [2.05, 4.69) is 4.74 Å². The van der Waals surface area contributed by atoms with Crippen LogP contribution in [-0.4, -0.2) is 36.2 Å². The largest absolute Gasteiger partial charge is 0.460 e. The van der Waals surface area contributed by atoms with Crippen LogP contribution in [0.15, 0.2) is 0 Å². The first-order valence-electron chi connectivity index (χ1n) is 3.59. The van der Waals surface area contributed by atoms with Gasteiger partial charge in [0, 0.05) is 6.92 Å².